The van der Waals surface area contributed by atoms with Crippen LogP contribution in [0.25, 0.3) is 0 Å². The second-order valence-corrected chi connectivity index (χ2v) is 8.55. The van der Waals surface area contributed by atoms with Crippen LogP contribution in [-0.2, 0) is 10.0 Å². The van der Waals surface area contributed by atoms with Crippen molar-refractivity contribution in [3.63, 3.8) is 0 Å². The number of ether oxygens (including phenoxy) is 1. The molecule has 5 nitrogen and oxygen atoms in total. The molecule has 0 radical (unpaired) electrons. The summed E-state index contributed by atoms with van der Waals surface area (Å²) in [7, 11) is -3.11. The topological polar surface area (TPSA) is 49.9 Å². The lowest BCUT2D eigenvalue weighted by atomic mass is 10.2. The average molecular weight is 375 g/mol. The number of para-hydroxylation sites is 1. The number of nitrogens with zero attached hydrogens (tertiary/aromatic N) is 2. The SMILES string of the molecule is CCCCS(=O)(=O)N1CCN(c2ccc(Oc3ccccc3)cc2)CC1. The van der Waals surface area contributed by atoms with Gasteiger partial charge in [-0.1, -0.05) is 31.5 Å². The molecular weight excluding hydrogens is 348 g/mol. The maximum Gasteiger partial charge on any atom is 0.214 e. The van der Waals surface area contributed by atoms with Crippen LogP contribution in [0.3, 0.4) is 0 Å². The maximum absolute atomic E-state index is 12.3. The maximum atomic E-state index is 12.3. The zero-order valence-corrected chi connectivity index (χ0v) is 16.0. The molecule has 1 saturated heterocycles. The molecule has 0 aliphatic carbocycles. The van der Waals surface area contributed by atoms with Gasteiger partial charge in [0.15, 0.2) is 0 Å². The van der Waals surface area contributed by atoms with Gasteiger partial charge in [-0.25, -0.2) is 8.42 Å². The molecule has 0 aromatic heterocycles. The summed E-state index contributed by atoms with van der Waals surface area (Å²) in [6, 6.07) is 17.6. The molecular formula is C20H26N2O3S. The molecule has 1 heterocycles. The van der Waals surface area contributed by atoms with E-state index in [1.165, 1.54) is 0 Å². The first-order valence-corrected chi connectivity index (χ1v) is 10.7. The molecule has 0 unspecified atom stereocenters. The van der Waals surface area contributed by atoms with Gasteiger partial charge in [0.05, 0.1) is 5.75 Å². The fourth-order valence-electron chi connectivity index (χ4n) is 3.03. The fourth-order valence-corrected chi connectivity index (χ4v) is 4.66. The minimum absolute atomic E-state index is 0.259. The summed E-state index contributed by atoms with van der Waals surface area (Å²) in [5.74, 6) is 1.86. The van der Waals surface area contributed by atoms with Crippen LogP contribution < -0.4 is 9.64 Å². The van der Waals surface area contributed by atoms with Crippen molar-refractivity contribution < 1.29 is 13.2 Å². The number of unbranched alkanes of at least 4 members (excludes halogenated alkanes) is 1. The Morgan fingerprint density at radius 3 is 2.12 bits per heavy atom. The molecule has 0 spiro atoms. The van der Waals surface area contributed by atoms with Crippen molar-refractivity contribution in [2.75, 3.05) is 36.8 Å². The first-order valence-electron chi connectivity index (χ1n) is 9.14. The highest BCUT2D eigenvalue weighted by molar-refractivity contribution is 7.89. The van der Waals surface area contributed by atoms with Gasteiger partial charge in [-0.2, -0.15) is 4.31 Å². The van der Waals surface area contributed by atoms with Crippen molar-refractivity contribution in [1.29, 1.82) is 0 Å². The predicted octanol–water partition coefficient (Wildman–Crippen LogP) is 3.73. The van der Waals surface area contributed by atoms with Crippen molar-refractivity contribution in [2.24, 2.45) is 0 Å². The Labute approximate surface area is 156 Å². The van der Waals surface area contributed by atoms with Gasteiger partial charge < -0.3 is 9.64 Å². The lowest BCUT2D eigenvalue weighted by Crippen LogP contribution is -2.49. The Hall–Kier alpha value is -2.05. The minimum Gasteiger partial charge on any atom is -0.457 e. The lowest BCUT2D eigenvalue weighted by Gasteiger charge is -2.35. The monoisotopic (exact) mass is 374 g/mol. The van der Waals surface area contributed by atoms with Gasteiger partial charge in [0, 0.05) is 31.9 Å². The van der Waals surface area contributed by atoms with Crippen LogP contribution in [-0.4, -0.2) is 44.7 Å². The quantitative estimate of drug-likeness (QED) is 0.741. The van der Waals surface area contributed by atoms with Crippen LogP contribution in [0.15, 0.2) is 54.6 Å². The van der Waals surface area contributed by atoms with E-state index in [1.54, 1.807) is 4.31 Å². The Morgan fingerprint density at radius 2 is 1.50 bits per heavy atom. The largest absolute Gasteiger partial charge is 0.457 e. The van der Waals surface area contributed by atoms with Crippen molar-refractivity contribution in [3.05, 3.63) is 54.6 Å². The van der Waals surface area contributed by atoms with Gasteiger partial charge in [-0.05, 0) is 42.8 Å². The summed E-state index contributed by atoms with van der Waals surface area (Å²) in [6.07, 6.45) is 1.63. The Balaban J connectivity index is 1.56. The summed E-state index contributed by atoms with van der Waals surface area (Å²) >= 11 is 0. The first kappa shape index (κ1) is 18.7. The van der Waals surface area contributed by atoms with Crippen LogP contribution in [0.5, 0.6) is 11.5 Å². The molecule has 0 bridgehead atoms. The number of hydrogen-bond acceptors (Lipinski definition) is 4. The second-order valence-electron chi connectivity index (χ2n) is 6.46. The molecule has 0 saturated carbocycles. The van der Waals surface area contributed by atoms with Gasteiger partial charge in [-0.3, -0.25) is 0 Å². The number of sulfonamides is 1. The van der Waals surface area contributed by atoms with Crippen molar-refractivity contribution in [2.45, 2.75) is 19.8 Å². The number of anilines is 1. The molecule has 6 heteroatoms. The molecule has 140 valence electrons. The number of benzene rings is 2. The standard InChI is InChI=1S/C20H26N2O3S/c1-2-3-17-26(23,24)22-15-13-21(14-16-22)18-9-11-20(12-10-18)25-19-7-5-4-6-8-19/h4-12H,2-3,13-17H2,1H3. The molecule has 0 amide bonds. The molecule has 1 aliphatic heterocycles. The van der Waals surface area contributed by atoms with Gasteiger partial charge in [0.25, 0.3) is 0 Å². The highest BCUT2D eigenvalue weighted by atomic mass is 32.2. The predicted molar refractivity (Wildman–Crippen MR) is 105 cm³/mol. The van der Waals surface area contributed by atoms with Crippen LogP contribution >= 0.6 is 0 Å². The minimum atomic E-state index is -3.11. The number of rotatable bonds is 7. The van der Waals surface area contributed by atoms with Gasteiger partial charge in [0.1, 0.15) is 11.5 Å². The van der Waals surface area contributed by atoms with Crippen LogP contribution in [0.1, 0.15) is 19.8 Å². The third-order valence-corrected chi connectivity index (χ3v) is 6.53. The van der Waals surface area contributed by atoms with E-state index >= 15 is 0 Å². The van der Waals surface area contributed by atoms with E-state index in [1.807, 2.05) is 61.5 Å². The fraction of sp³-hybridized carbons (Fsp3) is 0.400. The van der Waals surface area contributed by atoms with E-state index in [0.29, 0.717) is 26.2 Å². The zero-order valence-electron chi connectivity index (χ0n) is 15.2. The van der Waals surface area contributed by atoms with E-state index in [2.05, 4.69) is 4.90 Å². The summed E-state index contributed by atoms with van der Waals surface area (Å²) in [4.78, 5) is 2.22. The van der Waals surface area contributed by atoms with Gasteiger partial charge in [-0.15, -0.1) is 0 Å². The van der Waals surface area contributed by atoms with E-state index < -0.39 is 10.0 Å². The highest BCUT2D eigenvalue weighted by Gasteiger charge is 2.26. The zero-order chi connectivity index (χ0) is 18.4. The molecule has 1 fully saturated rings. The van der Waals surface area contributed by atoms with Crippen LogP contribution in [0, 0.1) is 0 Å². The second kappa shape index (κ2) is 8.56. The summed E-state index contributed by atoms with van der Waals surface area (Å²) in [5.41, 5.74) is 1.09. The van der Waals surface area contributed by atoms with Gasteiger partial charge in [0.2, 0.25) is 10.0 Å². The molecule has 1 aliphatic rings. The number of piperazine rings is 1. The van der Waals surface area contributed by atoms with E-state index in [4.69, 9.17) is 4.74 Å². The Kier molecular flexibility index (Phi) is 6.16. The first-order chi connectivity index (χ1) is 12.6. The summed E-state index contributed by atoms with van der Waals surface area (Å²) in [5, 5.41) is 0. The third-order valence-electron chi connectivity index (χ3n) is 4.57. The van der Waals surface area contributed by atoms with E-state index in [0.717, 1.165) is 30.0 Å². The normalized spacial score (nSPS) is 15.8. The molecule has 3 rings (SSSR count). The third kappa shape index (κ3) is 4.77. The molecule has 2 aromatic carbocycles. The molecule has 2 aromatic rings. The van der Waals surface area contributed by atoms with E-state index in [9.17, 15) is 8.42 Å². The van der Waals surface area contributed by atoms with E-state index in [-0.39, 0.29) is 5.75 Å². The molecule has 0 N–H and O–H groups in total. The molecule has 26 heavy (non-hydrogen) atoms. The lowest BCUT2D eigenvalue weighted by molar-refractivity contribution is 0.384. The van der Waals surface area contributed by atoms with Crippen molar-refractivity contribution in [1.82, 2.24) is 4.31 Å². The van der Waals surface area contributed by atoms with Crippen LogP contribution in [0.2, 0.25) is 0 Å². The summed E-state index contributed by atoms with van der Waals surface area (Å²) in [6.45, 7) is 4.54. The average Bonchev–Trinajstić information content (AvgIpc) is 2.68. The summed E-state index contributed by atoms with van der Waals surface area (Å²) < 4.78 is 32.0. The van der Waals surface area contributed by atoms with Crippen LogP contribution in [0.4, 0.5) is 5.69 Å². The van der Waals surface area contributed by atoms with Crippen molar-refractivity contribution in [3.8, 4) is 11.5 Å². The highest BCUT2D eigenvalue weighted by Crippen LogP contribution is 2.25. The van der Waals surface area contributed by atoms with Crippen molar-refractivity contribution >= 4 is 15.7 Å². The Morgan fingerprint density at radius 1 is 0.885 bits per heavy atom. The smallest absolute Gasteiger partial charge is 0.214 e. The molecule has 0 atom stereocenters. The number of hydrogen-bond donors (Lipinski definition) is 0. The Bertz CT molecular complexity index is 784. The van der Waals surface area contributed by atoms with Gasteiger partial charge >= 0.3 is 0 Å².